The number of quaternary nitrogens is 1. The second-order valence-corrected chi connectivity index (χ2v) is 7.66. The molecule has 1 amide bonds. The Balaban J connectivity index is 1.54. The molecule has 0 saturated heterocycles. The molecule has 4 fully saturated rings. The van der Waals surface area contributed by atoms with Crippen molar-refractivity contribution in [1.82, 2.24) is 5.32 Å². The van der Waals surface area contributed by atoms with Crippen molar-refractivity contribution in [1.29, 1.82) is 0 Å². The van der Waals surface area contributed by atoms with Crippen LogP contribution in [0.1, 0.15) is 52.4 Å². The summed E-state index contributed by atoms with van der Waals surface area (Å²) in [5.41, 5.74) is 0.0351. The summed E-state index contributed by atoms with van der Waals surface area (Å²) in [6, 6.07) is 0. The summed E-state index contributed by atoms with van der Waals surface area (Å²) in [4.78, 5) is 14.3. The number of hydrogen-bond donors (Lipinski definition) is 2. The van der Waals surface area contributed by atoms with Crippen molar-refractivity contribution < 1.29 is 9.69 Å². The van der Waals surface area contributed by atoms with Crippen LogP contribution in [-0.4, -0.2) is 32.1 Å². The zero-order valence-electron chi connectivity index (χ0n) is 13.2. The molecular formula is C17H31N2O+. The molecule has 3 heteroatoms. The van der Waals surface area contributed by atoms with E-state index in [0.29, 0.717) is 5.91 Å². The van der Waals surface area contributed by atoms with Gasteiger partial charge in [-0.2, -0.15) is 0 Å². The summed E-state index contributed by atoms with van der Waals surface area (Å²) in [7, 11) is 0. The number of likely N-dealkylation sites (N-methyl/N-ethyl adjacent to an activating group) is 1. The van der Waals surface area contributed by atoms with Crippen molar-refractivity contribution in [3.8, 4) is 0 Å². The molecule has 3 nitrogen and oxygen atoms in total. The van der Waals surface area contributed by atoms with Crippen LogP contribution in [-0.2, 0) is 4.79 Å². The normalized spacial score (nSPS) is 38.5. The van der Waals surface area contributed by atoms with E-state index in [0.717, 1.165) is 43.9 Å². The Hall–Kier alpha value is -0.570. The third-order valence-electron chi connectivity index (χ3n) is 6.28. The Kier molecular flexibility index (Phi) is 4.07. The number of carbonyl (C=O) groups excluding carboxylic acids is 1. The van der Waals surface area contributed by atoms with Gasteiger partial charge in [-0.15, -0.1) is 0 Å². The van der Waals surface area contributed by atoms with E-state index in [1.807, 2.05) is 0 Å². The molecule has 4 bridgehead atoms. The quantitative estimate of drug-likeness (QED) is 0.754. The highest BCUT2D eigenvalue weighted by molar-refractivity contribution is 5.83. The fourth-order valence-electron chi connectivity index (χ4n) is 5.53. The molecule has 20 heavy (non-hydrogen) atoms. The molecular weight excluding hydrogens is 248 g/mol. The average molecular weight is 279 g/mol. The Bertz CT molecular complexity index is 327. The van der Waals surface area contributed by atoms with Gasteiger partial charge in [0.1, 0.15) is 0 Å². The molecule has 0 aromatic rings. The molecule has 0 aliphatic heterocycles. The second-order valence-electron chi connectivity index (χ2n) is 7.66. The molecule has 0 heterocycles. The van der Waals surface area contributed by atoms with Gasteiger partial charge in [-0.05, 0) is 70.1 Å². The Labute approximate surface area is 123 Å². The monoisotopic (exact) mass is 279 g/mol. The number of carbonyl (C=O) groups is 1. The first-order valence-electron chi connectivity index (χ1n) is 8.77. The van der Waals surface area contributed by atoms with Gasteiger partial charge in [-0.3, -0.25) is 4.79 Å². The van der Waals surface area contributed by atoms with Crippen LogP contribution in [0.4, 0.5) is 0 Å². The van der Waals surface area contributed by atoms with E-state index in [4.69, 9.17) is 0 Å². The summed E-state index contributed by atoms with van der Waals surface area (Å²) in [5, 5.41) is 3.28. The number of rotatable bonds is 6. The first-order chi connectivity index (χ1) is 9.65. The van der Waals surface area contributed by atoms with E-state index in [1.165, 1.54) is 38.5 Å². The Morgan fingerprint density at radius 2 is 1.55 bits per heavy atom. The van der Waals surface area contributed by atoms with Gasteiger partial charge in [0.15, 0.2) is 0 Å². The fourth-order valence-corrected chi connectivity index (χ4v) is 5.53. The minimum absolute atomic E-state index is 0.0351. The molecule has 0 unspecified atom stereocenters. The summed E-state index contributed by atoms with van der Waals surface area (Å²) in [5.74, 6) is 2.98. The molecule has 114 valence electrons. The molecule has 0 radical (unpaired) electrons. The third-order valence-corrected chi connectivity index (χ3v) is 6.28. The highest BCUT2D eigenvalue weighted by Gasteiger charge is 2.54. The van der Waals surface area contributed by atoms with E-state index >= 15 is 0 Å². The van der Waals surface area contributed by atoms with Gasteiger partial charge in [0.25, 0.3) is 0 Å². The van der Waals surface area contributed by atoms with Crippen LogP contribution in [0.25, 0.3) is 0 Å². The van der Waals surface area contributed by atoms with Gasteiger partial charge >= 0.3 is 0 Å². The van der Waals surface area contributed by atoms with E-state index in [-0.39, 0.29) is 5.41 Å². The van der Waals surface area contributed by atoms with Gasteiger partial charge in [0.05, 0.1) is 26.2 Å². The zero-order chi connectivity index (χ0) is 14.2. The van der Waals surface area contributed by atoms with E-state index < -0.39 is 0 Å². The first kappa shape index (κ1) is 14.4. The average Bonchev–Trinajstić information content (AvgIpc) is 2.42. The topological polar surface area (TPSA) is 33.5 Å². The number of nitrogens with one attached hydrogen (secondary N) is 2. The van der Waals surface area contributed by atoms with Crippen molar-refractivity contribution in [2.24, 2.45) is 23.2 Å². The van der Waals surface area contributed by atoms with E-state index in [2.05, 4.69) is 19.2 Å². The number of hydrogen-bond acceptors (Lipinski definition) is 1. The highest BCUT2D eigenvalue weighted by Crippen LogP contribution is 2.60. The summed E-state index contributed by atoms with van der Waals surface area (Å²) in [6.07, 6.45) is 7.79. The van der Waals surface area contributed by atoms with E-state index in [9.17, 15) is 4.79 Å². The van der Waals surface area contributed by atoms with Gasteiger partial charge in [-0.25, -0.2) is 0 Å². The molecule has 2 N–H and O–H groups in total. The molecule has 4 rings (SSSR count). The molecule has 0 aromatic carbocycles. The van der Waals surface area contributed by atoms with Gasteiger partial charge in [0, 0.05) is 5.41 Å². The minimum atomic E-state index is 0.0351. The molecule has 0 aromatic heterocycles. The molecule has 4 aliphatic carbocycles. The van der Waals surface area contributed by atoms with Crippen molar-refractivity contribution >= 4 is 5.91 Å². The predicted molar refractivity (Wildman–Crippen MR) is 80.5 cm³/mol. The van der Waals surface area contributed by atoms with Crippen molar-refractivity contribution in [3.05, 3.63) is 0 Å². The lowest BCUT2D eigenvalue weighted by atomic mass is 9.49. The second kappa shape index (κ2) is 5.67. The molecule has 0 atom stereocenters. The maximum absolute atomic E-state index is 12.7. The third kappa shape index (κ3) is 2.61. The SMILES string of the molecule is CC[NH+](CC)CCNC(=O)C12CC3CC(CC(C3)C1)C2. The lowest BCUT2D eigenvalue weighted by molar-refractivity contribution is -0.895. The summed E-state index contributed by atoms with van der Waals surface area (Å²) in [6.45, 7) is 8.69. The fraction of sp³-hybridized carbons (Fsp3) is 0.941. The van der Waals surface area contributed by atoms with Gasteiger partial charge in [-0.1, -0.05) is 0 Å². The summed E-state index contributed by atoms with van der Waals surface area (Å²) >= 11 is 0. The van der Waals surface area contributed by atoms with Crippen molar-refractivity contribution in [2.75, 3.05) is 26.2 Å². The molecule has 0 spiro atoms. The Morgan fingerprint density at radius 3 is 2.00 bits per heavy atom. The van der Waals surface area contributed by atoms with Crippen LogP contribution in [0.2, 0.25) is 0 Å². The lowest BCUT2D eigenvalue weighted by Crippen LogP contribution is -3.12. The summed E-state index contributed by atoms with van der Waals surface area (Å²) < 4.78 is 0. The highest BCUT2D eigenvalue weighted by atomic mass is 16.2. The predicted octanol–water partition coefficient (Wildman–Crippen LogP) is 1.24. The maximum Gasteiger partial charge on any atom is 0.226 e. The van der Waals surface area contributed by atoms with Crippen LogP contribution in [0.5, 0.6) is 0 Å². The molecule has 4 aliphatic rings. The Morgan fingerprint density at radius 1 is 1.05 bits per heavy atom. The van der Waals surface area contributed by atoms with Crippen LogP contribution in [0.3, 0.4) is 0 Å². The minimum Gasteiger partial charge on any atom is -0.350 e. The van der Waals surface area contributed by atoms with Gasteiger partial charge in [0.2, 0.25) is 5.91 Å². The van der Waals surface area contributed by atoms with Crippen molar-refractivity contribution in [3.63, 3.8) is 0 Å². The number of amides is 1. The first-order valence-corrected chi connectivity index (χ1v) is 8.77. The van der Waals surface area contributed by atoms with Crippen LogP contribution in [0, 0.1) is 23.2 Å². The van der Waals surface area contributed by atoms with Crippen molar-refractivity contribution in [2.45, 2.75) is 52.4 Å². The molecule has 4 saturated carbocycles. The zero-order valence-corrected chi connectivity index (χ0v) is 13.2. The van der Waals surface area contributed by atoms with Crippen LogP contribution < -0.4 is 10.2 Å². The lowest BCUT2D eigenvalue weighted by Gasteiger charge is -2.55. The smallest absolute Gasteiger partial charge is 0.226 e. The maximum atomic E-state index is 12.7. The van der Waals surface area contributed by atoms with Crippen LogP contribution in [0.15, 0.2) is 0 Å². The van der Waals surface area contributed by atoms with E-state index in [1.54, 1.807) is 4.90 Å². The van der Waals surface area contributed by atoms with Crippen LogP contribution >= 0.6 is 0 Å². The standard InChI is InChI=1S/C17H30N2O/c1-3-19(4-2)6-5-18-16(20)17-10-13-7-14(11-17)9-15(8-13)12-17/h13-15H,3-12H2,1-2H3,(H,18,20)/p+1. The van der Waals surface area contributed by atoms with Gasteiger partial charge < -0.3 is 10.2 Å². The largest absolute Gasteiger partial charge is 0.350 e.